The third-order valence-electron chi connectivity index (χ3n) is 4.64. The van der Waals surface area contributed by atoms with Gasteiger partial charge in [0.05, 0.1) is 12.6 Å². The van der Waals surface area contributed by atoms with Crippen molar-refractivity contribution in [2.24, 2.45) is 0 Å². The van der Waals surface area contributed by atoms with Crippen molar-refractivity contribution < 1.29 is 9.53 Å². The summed E-state index contributed by atoms with van der Waals surface area (Å²) in [6.07, 6.45) is 4.89. The first-order valence-electron chi connectivity index (χ1n) is 8.96. The molecule has 2 aromatic heterocycles. The van der Waals surface area contributed by atoms with Crippen LogP contribution in [0.4, 0.5) is 0 Å². The maximum absolute atomic E-state index is 11.3. The molecule has 0 radical (unpaired) electrons. The number of nitrogens with one attached hydrogen (secondary N) is 1. The zero-order chi connectivity index (χ0) is 17.9. The van der Waals surface area contributed by atoms with Gasteiger partial charge in [-0.3, -0.25) is 9.36 Å². The Morgan fingerprint density at radius 1 is 1.38 bits per heavy atom. The van der Waals surface area contributed by atoms with E-state index in [4.69, 9.17) is 4.74 Å². The van der Waals surface area contributed by atoms with Crippen LogP contribution in [0.5, 0.6) is 0 Å². The fourth-order valence-electron chi connectivity index (χ4n) is 3.29. The fraction of sp³-hybridized carbons (Fsp3) is 0.421. The van der Waals surface area contributed by atoms with E-state index in [9.17, 15) is 4.79 Å². The van der Waals surface area contributed by atoms with E-state index in [-0.39, 0.29) is 11.9 Å². The number of Topliss-reactive ketones (excluding diaryl/α,β-unsaturated/α-hetero) is 1. The molecule has 26 heavy (non-hydrogen) atoms. The lowest BCUT2D eigenvalue weighted by Crippen LogP contribution is -2.16. The van der Waals surface area contributed by atoms with Gasteiger partial charge in [0, 0.05) is 41.4 Å². The predicted molar refractivity (Wildman–Crippen MR) is 102 cm³/mol. The lowest BCUT2D eigenvalue weighted by Gasteiger charge is -2.14. The number of aromatic amines is 1. The quantitative estimate of drug-likeness (QED) is 0.642. The molecule has 1 saturated heterocycles. The van der Waals surface area contributed by atoms with Crippen LogP contribution in [0.2, 0.25) is 0 Å². The minimum atomic E-state index is 0.194. The molecule has 1 aliphatic heterocycles. The first kappa shape index (κ1) is 17.3. The van der Waals surface area contributed by atoms with Crippen LogP contribution < -0.4 is 0 Å². The summed E-state index contributed by atoms with van der Waals surface area (Å²) in [4.78, 5) is 14.6. The molecule has 0 saturated carbocycles. The first-order valence-corrected chi connectivity index (χ1v) is 9.94. The summed E-state index contributed by atoms with van der Waals surface area (Å²) >= 11 is 1.59. The van der Waals surface area contributed by atoms with Gasteiger partial charge in [-0.1, -0.05) is 30.0 Å². The molecule has 1 fully saturated rings. The summed E-state index contributed by atoms with van der Waals surface area (Å²) in [5.74, 6) is 1.76. The predicted octanol–water partition coefficient (Wildman–Crippen LogP) is 3.68. The van der Waals surface area contributed by atoms with Crippen molar-refractivity contribution in [2.75, 3.05) is 12.4 Å². The normalized spacial score (nSPS) is 17.2. The molecule has 6 nitrogen and oxygen atoms in total. The summed E-state index contributed by atoms with van der Waals surface area (Å²) in [6.45, 7) is 3.18. The molecule has 0 aliphatic carbocycles. The van der Waals surface area contributed by atoms with Crippen molar-refractivity contribution in [3.05, 3.63) is 30.5 Å². The fourth-order valence-corrected chi connectivity index (χ4v) is 4.28. The van der Waals surface area contributed by atoms with Crippen molar-refractivity contribution in [2.45, 2.75) is 44.0 Å². The smallest absolute Gasteiger partial charge is 0.191 e. The van der Waals surface area contributed by atoms with Crippen LogP contribution in [0.1, 0.15) is 26.2 Å². The highest BCUT2D eigenvalue weighted by atomic mass is 32.2. The van der Waals surface area contributed by atoms with Crippen LogP contribution in [0.15, 0.2) is 35.6 Å². The molecule has 4 rings (SSSR count). The zero-order valence-electron chi connectivity index (χ0n) is 14.8. The molecule has 1 aliphatic rings. The Labute approximate surface area is 156 Å². The number of nitrogens with zero attached hydrogens (tertiary/aromatic N) is 3. The highest BCUT2D eigenvalue weighted by Crippen LogP contribution is 2.31. The SMILES string of the molecule is CC(=O)CCSc1nnc(-c2c[nH]c3ccccc23)n1CC1CCCO1. The van der Waals surface area contributed by atoms with Crippen molar-refractivity contribution in [1.82, 2.24) is 19.7 Å². The molecule has 0 bridgehead atoms. The van der Waals surface area contributed by atoms with Gasteiger partial charge in [0.2, 0.25) is 0 Å². The molecule has 1 unspecified atom stereocenters. The van der Waals surface area contributed by atoms with Gasteiger partial charge in [0.25, 0.3) is 0 Å². The molecule has 0 amide bonds. The Kier molecular flexibility index (Phi) is 5.08. The standard InChI is InChI=1S/C19H22N4O2S/c1-13(24)8-10-26-19-22-21-18(23(19)12-14-5-4-9-25-14)16-11-20-17-7-3-2-6-15(16)17/h2-3,6-7,11,14,20H,4-5,8-10,12H2,1H3. The Hall–Kier alpha value is -2.12. The van der Waals surface area contributed by atoms with Crippen LogP contribution >= 0.6 is 11.8 Å². The Morgan fingerprint density at radius 3 is 3.08 bits per heavy atom. The maximum Gasteiger partial charge on any atom is 0.191 e. The number of para-hydroxylation sites is 1. The van der Waals surface area contributed by atoms with E-state index in [1.165, 1.54) is 0 Å². The lowest BCUT2D eigenvalue weighted by molar-refractivity contribution is -0.116. The average Bonchev–Trinajstić information content (AvgIpc) is 3.36. The third kappa shape index (κ3) is 3.54. The number of rotatable bonds is 7. The molecule has 1 aromatic carbocycles. The molecule has 7 heteroatoms. The van der Waals surface area contributed by atoms with Crippen LogP contribution in [-0.2, 0) is 16.1 Å². The number of carbonyl (C=O) groups excluding carboxylic acids is 1. The second-order valence-corrected chi connectivity index (χ2v) is 7.66. The van der Waals surface area contributed by atoms with Crippen molar-refractivity contribution in [3.8, 4) is 11.4 Å². The van der Waals surface area contributed by atoms with E-state index < -0.39 is 0 Å². The molecule has 1 N–H and O–H groups in total. The van der Waals surface area contributed by atoms with Crippen LogP contribution in [-0.4, -0.2) is 44.0 Å². The molecular formula is C19H22N4O2S. The minimum Gasteiger partial charge on any atom is -0.376 e. The average molecular weight is 370 g/mol. The number of benzene rings is 1. The summed E-state index contributed by atoms with van der Waals surface area (Å²) in [5.41, 5.74) is 2.13. The molecule has 3 aromatic rings. The topological polar surface area (TPSA) is 72.8 Å². The molecular weight excluding hydrogens is 348 g/mol. The number of carbonyl (C=O) groups is 1. The third-order valence-corrected chi connectivity index (χ3v) is 5.61. The monoisotopic (exact) mass is 370 g/mol. The highest BCUT2D eigenvalue weighted by Gasteiger charge is 2.23. The summed E-state index contributed by atoms with van der Waals surface area (Å²) < 4.78 is 7.99. The van der Waals surface area contributed by atoms with Gasteiger partial charge in [-0.2, -0.15) is 0 Å². The van der Waals surface area contributed by atoms with E-state index in [0.29, 0.717) is 12.2 Å². The lowest BCUT2D eigenvalue weighted by atomic mass is 10.1. The number of aromatic nitrogens is 4. The Morgan fingerprint density at radius 2 is 2.27 bits per heavy atom. The van der Waals surface area contributed by atoms with Gasteiger partial charge in [-0.15, -0.1) is 10.2 Å². The number of hydrogen-bond donors (Lipinski definition) is 1. The minimum absolute atomic E-state index is 0.194. The van der Waals surface area contributed by atoms with Gasteiger partial charge in [-0.05, 0) is 25.8 Å². The summed E-state index contributed by atoms with van der Waals surface area (Å²) in [6, 6.07) is 8.20. The van der Waals surface area contributed by atoms with Gasteiger partial charge < -0.3 is 9.72 Å². The Balaban J connectivity index is 1.68. The number of thioether (sulfide) groups is 1. The number of fused-ring (bicyclic) bond motifs is 1. The van der Waals surface area contributed by atoms with Crippen molar-refractivity contribution >= 4 is 28.4 Å². The maximum atomic E-state index is 11.3. The van der Waals surface area contributed by atoms with Crippen LogP contribution in [0.25, 0.3) is 22.3 Å². The van der Waals surface area contributed by atoms with E-state index in [1.807, 2.05) is 18.3 Å². The number of ether oxygens (including phenoxy) is 1. The zero-order valence-corrected chi connectivity index (χ0v) is 15.6. The number of H-pyrrole nitrogens is 1. The van der Waals surface area contributed by atoms with E-state index in [1.54, 1.807) is 18.7 Å². The van der Waals surface area contributed by atoms with Gasteiger partial charge in [0.15, 0.2) is 11.0 Å². The first-order chi connectivity index (χ1) is 12.7. The van der Waals surface area contributed by atoms with Gasteiger partial charge in [0.1, 0.15) is 5.78 Å². The largest absolute Gasteiger partial charge is 0.376 e. The van der Waals surface area contributed by atoms with Crippen molar-refractivity contribution in [1.29, 1.82) is 0 Å². The van der Waals surface area contributed by atoms with Crippen LogP contribution in [0.3, 0.4) is 0 Å². The molecule has 136 valence electrons. The summed E-state index contributed by atoms with van der Waals surface area (Å²) in [5, 5.41) is 10.9. The van der Waals surface area contributed by atoms with Crippen LogP contribution in [0, 0.1) is 0 Å². The van der Waals surface area contributed by atoms with E-state index >= 15 is 0 Å². The molecule has 0 spiro atoms. The van der Waals surface area contributed by atoms with Crippen molar-refractivity contribution in [3.63, 3.8) is 0 Å². The molecule has 3 heterocycles. The highest BCUT2D eigenvalue weighted by molar-refractivity contribution is 7.99. The molecule has 1 atom stereocenters. The number of hydrogen-bond acceptors (Lipinski definition) is 5. The van der Waals surface area contributed by atoms with E-state index in [2.05, 4.69) is 31.9 Å². The number of ketones is 1. The van der Waals surface area contributed by atoms with Gasteiger partial charge in [-0.25, -0.2) is 0 Å². The second-order valence-electron chi connectivity index (χ2n) is 6.60. The summed E-state index contributed by atoms with van der Waals surface area (Å²) in [7, 11) is 0. The van der Waals surface area contributed by atoms with Gasteiger partial charge >= 0.3 is 0 Å². The second kappa shape index (κ2) is 7.63. The van der Waals surface area contributed by atoms with E-state index in [0.717, 1.165) is 53.4 Å². The Bertz CT molecular complexity index is 911.